The molecule has 3 rings (SSSR count). The van der Waals surface area contributed by atoms with Crippen molar-refractivity contribution in [1.82, 2.24) is 9.97 Å². The van der Waals surface area contributed by atoms with E-state index in [1.807, 2.05) is 0 Å². The van der Waals surface area contributed by atoms with Gasteiger partial charge < -0.3 is 16.4 Å². The Morgan fingerprint density at radius 1 is 1.07 bits per heavy atom. The van der Waals surface area contributed by atoms with Gasteiger partial charge in [-0.1, -0.05) is 23.2 Å². The van der Waals surface area contributed by atoms with Crippen LogP contribution in [0.15, 0.2) is 24.4 Å². The molecule has 2 aromatic rings. The lowest BCUT2D eigenvalue weighted by Crippen LogP contribution is -2.33. The third-order valence-electron chi connectivity index (χ3n) is 4.38. The van der Waals surface area contributed by atoms with E-state index in [9.17, 15) is 13.2 Å². The van der Waals surface area contributed by atoms with Crippen LogP contribution in [-0.4, -0.2) is 22.1 Å². The van der Waals surface area contributed by atoms with E-state index >= 15 is 0 Å². The SMILES string of the molecule is NC1CCC(Nc2nc(Nc3ccc(Cl)c(Cl)c3)ncc2C(F)(F)F)CC1. The molecule has 1 fully saturated rings. The molecule has 1 aliphatic carbocycles. The molecule has 0 spiro atoms. The summed E-state index contributed by atoms with van der Waals surface area (Å²) in [4.78, 5) is 7.82. The number of rotatable bonds is 4. The van der Waals surface area contributed by atoms with Crippen molar-refractivity contribution >= 4 is 40.7 Å². The number of nitrogens with zero attached hydrogens (tertiary/aromatic N) is 2. The first-order valence-electron chi connectivity index (χ1n) is 8.41. The largest absolute Gasteiger partial charge is 0.421 e. The molecule has 5 nitrogen and oxygen atoms in total. The van der Waals surface area contributed by atoms with Gasteiger partial charge in [0, 0.05) is 24.0 Å². The standard InChI is InChI=1S/C17H18Cl2F3N5/c18-13-6-5-11(7-14(13)19)26-16-24-8-12(17(20,21)22)15(27-16)25-10-3-1-9(23)2-4-10/h5-10H,1-4,23H2,(H2,24,25,26,27). The van der Waals surface area contributed by atoms with E-state index in [4.69, 9.17) is 28.9 Å². The summed E-state index contributed by atoms with van der Waals surface area (Å²) in [6.45, 7) is 0. The number of benzene rings is 1. The van der Waals surface area contributed by atoms with Gasteiger partial charge in [-0.05, 0) is 43.9 Å². The van der Waals surface area contributed by atoms with E-state index in [0.29, 0.717) is 28.6 Å². The molecule has 1 aromatic carbocycles. The maximum absolute atomic E-state index is 13.3. The van der Waals surface area contributed by atoms with E-state index in [-0.39, 0.29) is 23.8 Å². The van der Waals surface area contributed by atoms with Crippen molar-refractivity contribution in [2.45, 2.75) is 43.9 Å². The minimum atomic E-state index is -4.56. The molecule has 0 saturated heterocycles. The highest BCUT2D eigenvalue weighted by molar-refractivity contribution is 6.42. The van der Waals surface area contributed by atoms with Crippen molar-refractivity contribution in [3.63, 3.8) is 0 Å². The fraction of sp³-hybridized carbons (Fsp3) is 0.412. The zero-order valence-electron chi connectivity index (χ0n) is 14.2. The normalized spacial score (nSPS) is 20.4. The van der Waals surface area contributed by atoms with E-state index in [1.54, 1.807) is 18.2 Å². The summed E-state index contributed by atoms with van der Waals surface area (Å²) < 4.78 is 40.0. The summed E-state index contributed by atoms with van der Waals surface area (Å²) >= 11 is 11.8. The maximum atomic E-state index is 13.3. The van der Waals surface area contributed by atoms with Crippen LogP contribution >= 0.6 is 23.2 Å². The molecular formula is C17H18Cl2F3N5. The molecule has 27 heavy (non-hydrogen) atoms. The molecule has 0 unspecified atom stereocenters. The zero-order valence-corrected chi connectivity index (χ0v) is 15.7. The number of aromatic nitrogens is 2. The molecule has 1 heterocycles. The molecule has 1 aliphatic rings. The molecule has 0 atom stereocenters. The van der Waals surface area contributed by atoms with Crippen LogP contribution in [0.1, 0.15) is 31.2 Å². The van der Waals surface area contributed by atoms with Gasteiger partial charge in [-0.15, -0.1) is 0 Å². The average Bonchev–Trinajstić information content (AvgIpc) is 2.59. The van der Waals surface area contributed by atoms with Crippen molar-refractivity contribution in [2.75, 3.05) is 10.6 Å². The molecule has 0 radical (unpaired) electrons. The topological polar surface area (TPSA) is 75.9 Å². The van der Waals surface area contributed by atoms with Gasteiger partial charge in [-0.2, -0.15) is 18.2 Å². The highest BCUT2D eigenvalue weighted by atomic mass is 35.5. The third kappa shape index (κ3) is 5.15. The maximum Gasteiger partial charge on any atom is 0.421 e. The highest BCUT2D eigenvalue weighted by Crippen LogP contribution is 2.35. The van der Waals surface area contributed by atoms with Gasteiger partial charge in [-0.3, -0.25) is 0 Å². The van der Waals surface area contributed by atoms with Gasteiger partial charge >= 0.3 is 6.18 Å². The van der Waals surface area contributed by atoms with Crippen LogP contribution in [0.2, 0.25) is 10.0 Å². The minimum Gasteiger partial charge on any atom is -0.367 e. The number of hydrogen-bond donors (Lipinski definition) is 3. The Bertz CT molecular complexity index is 808. The van der Waals surface area contributed by atoms with Crippen LogP contribution in [0.3, 0.4) is 0 Å². The first-order chi connectivity index (χ1) is 12.7. The Balaban J connectivity index is 1.84. The average molecular weight is 420 g/mol. The van der Waals surface area contributed by atoms with Crippen molar-refractivity contribution in [1.29, 1.82) is 0 Å². The van der Waals surface area contributed by atoms with Gasteiger partial charge in [0.15, 0.2) is 0 Å². The molecule has 0 bridgehead atoms. The van der Waals surface area contributed by atoms with Crippen LogP contribution in [0.4, 0.5) is 30.6 Å². The fourth-order valence-electron chi connectivity index (χ4n) is 2.92. The second kappa shape index (κ2) is 8.08. The summed E-state index contributed by atoms with van der Waals surface area (Å²) in [5.41, 5.74) is 5.47. The number of nitrogens with two attached hydrogens (primary N) is 1. The van der Waals surface area contributed by atoms with Crippen LogP contribution < -0.4 is 16.4 Å². The van der Waals surface area contributed by atoms with Crippen molar-refractivity contribution in [3.05, 3.63) is 40.0 Å². The van der Waals surface area contributed by atoms with Gasteiger partial charge in [0.25, 0.3) is 0 Å². The smallest absolute Gasteiger partial charge is 0.367 e. The first-order valence-corrected chi connectivity index (χ1v) is 9.16. The second-order valence-electron chi connectivity index (χ2n) is 6.46. The Morgan fingerprint density at radius 3 is 2.41 bits per heavy atom. The van der Waals surface area contributed by atoms with Crippen molar-refractivity contribution in [2.24, 2.45) is 5.73 Å². The molecule has 1 saturated carbocycles. The Hall–Kier alpha value is -1.77. The quantitative estimate of drug-likeness (QED) is 0.632. The highest BCUT2D eigenvalue weighted by Gasteiger charge is 2.36. The molecule has 0 aliphatic heterocycles. The van der Waals surface area contributed by atoms with Gasteiger partial charge in [0.2, 0.25) is 5.95 Å². The van der Waals surface area contributed by atoms with Crippen molar-refractivity contribution in [3.8, 4) is 0 Å². The van der Waals surface area contributed by atoms with E-state index in [1.165, 1.54) is 0 Å². The van der Waals surface area contributed by atoms with E-state index in [0.717, 1.165) is 19.0 Å². The molecule has 4 N–H and O–H groups in total. The van der Waals surface area contributed by atoms with Gasteiger partial charge in [0.05, 0.1) is 10.0 Å². The summed E-state index contributed by atoms with van der Waals surface area (Å²) in [5.74, 6) is -0.225. The summed E-state index contributed by atoms with van der Waals surface area (Å²) in [6.07, 6.45) is -0.883. The third-order valence-corrected chi connectivity index (χ3v) is 5.12. The lowest BCUT2D eigenvalue weighted by atomic mass is 9.92. The molecule has 10 heteroatoms. The van der Waals surface area contributed by atoms with Gasteiger partial charge in [-0.25, -0.2) is 4.98 Å². The Labute approximate surface area is 164 Å². The van der Waals surface area contributed by atoms with Crippen LogP contribution in [-0.2, 0) is 6.18 Å². The molecule has 1 aromatic heterocycles. The van der Waals surface area contributed by atoms with E-state index < -0.39 is 11.7 Å². The number of nitrogens with one attached hydrogen (secondary N) is 2. The monoisotopic (exact) mass is 419 g/mol. The summed E-state index contributed by atoms with van der Waals surface area (Å²) in [5, 5.41) is 6.43. The zero-order chi connectivity index (χ0) is 19.6. The lowest BCUT2D eigenvalue weighted by molar-refractivity contribution is -0.137. The first kappa shape index (κ1) is 20.0. The number of anilines is 3. The summed E-state index contributed by atoms with van der Waals surface area (Å²) in [6, 6.07) is 4.73. The number of hydrogen-bond acceptors (Lipinski definition) is 5. The lowest BCUT2D eigenvalue weighted by Gasteiger charge is -2.28. The Morgan fingerprint density at radius 2 is 1.78 bits per heavy atom. The predicted octanol–water partition coefficient (Wildman–Crippen LogP) is 5.23. The second-order valence-corrected chi connectivity index (χ2v) is 7.28. The molecule has 0 amide bonds. The predicted molar refractivity (Wildman–Crippen MR) is 101 cm³/mol. The summed E-state index contributed by atoms with van der Waals surface area (Å²) in [7, 11) is 0. The van der Waals surface area contributed by atoms with E-state index in [2.05, 4.69) is 20.6 Å². The van der Waals surface area contributed by atoms with Gasteiger partial charge in [0.1, 0.15) is 11.4 Å². The molecule has 146 valence electrons. The van der Waals surface area contributed by atoms with Crippen molar-refractivity contribution < 1.29 is 13.2 Å². The van der Waals surface area contributed by atoms with Crippen LogP contribution in [0, 0.1) is 0 Å². The number of alkyl halides is 3. The molecular weight excluding hydrogens is 402 g/mol. The minimum absolute atomic E-state index is 0.0244. The van der Waals surface area contributed by atoms with Crippen LogP contribution in [0.25, 0.3) is 0 Å². The fourth-order valence-corrected chi connectivity index (χ4v) is 3.22. The van der Waals surface area contributed by atoms with Crippen LogP contribution in [0.5, 0.6) is 0 Å². The Kier molecular flexibility index (Phi) is 5.98. The number of halogens is 5.